The summed E-state index contributed by atoms with van der Waals surface area (Å²) in [4.78, 5) is 14.7. The number of para-hydroxylation sites is 1. The lowest BCUT2D eigenvalue weighted by atomic mass is 9.90. The maximum absolute atomic E-state index is 12.4. The van der Waals surface area contributed by atoms with Crippen molar-refractivity contribution < 1.29 is 4.79 Å². The number of likely N-dealkylation sites (tertiary alicyclic amines) is 1. The number of hydrogen-bond donors (Lipinski definition) is 1. The van der Waals surface area contributed by atoms with Crippen molar-refractivity contribution in [2.24, 2.45) is 5.92 Å². The summed E-state index contributed by atoms with van der Waals surface area (Å²) in [7, 11) is 2.10. The van der Waals surface area contributed by atoms with Gasteiger partial charge in [-0.2, -0.15) is 5.10 Å². The second-order valence-electron chi connectivity index (χ2n) is 6.03. The first kappa shape index (κ1) is 14.8. The summed E-state index contributed by atoms with van der Waals surface area (Å²) in [6.45, 7) is 1.98. The van der Waals surface area contributed by atoms with Gasteiger partial charge in [-0.25, -0.2) is 4.68 Å². The van der Waals surface area contributed by atoms with Crippen molar-refractivity contribution in [2.75, 3.05) is 25.9 Å². The Hall–Kier alpha value is -2.14. The molecule has 3 rings (SSSR count). The van der Waals surface area contributed by atoms with Crippen molar-refractivity contribution >= 4 is 11.5 Å². The van der Waals surface area contributed by atoms with Gasteiger partial charge >= 0.3 is 0 Å². The molecule has 0 unspecified atom stereocenters. The van der Waals surface area contributed by atoms with Crippen LogP contribution in [-0.4, -0.2) is 40.6 Å². The molecular formula is C17H22N4O. The molecule has 0 saturated carbocycles. The standard InChI is InChI=1S/C17H22N4O/c1-20-9-7-13(8-10-20)17(22)11-16-15(18)12-21(19-16)14-5-3-2-4-6-14/h2-6,12-13H,7-11,18H2,1H3. The highest BCUT2D eigenvalue weighted by Gasteiger charge is 2.24. The van der Waals surface area contributed by atoms with Crippen LogP contribution in [0, 0.1) is 5.92 Å². The van der Waals surface area contributed by atoms with Crippen LogP contribution in [0.25, 0.3) is 5.69 Å². The molecule has 1 aliphatic heterocycles. The molecule has 1 aliphatic rings. The minimum absolute atomic E-state index is 0.150. The van der Waals surface area contributed by atoms with Crippen LogP contribution in [-0.2, 0) is 11.2 Å². The summed E-state index contributed by atoms with van der Waals surface area (Å²) >= 11 is 0. The molecule has 2 aromatic rings. The Morgan fingerprint density at radius 3 is 2.64 bits per heavy atom. The molecule has 0 spiro atoms. The molecular weight excluding hydrogens is 276 g/mol. The van der Waals surface area contributed by atoms with E-state index in [-0.39, 0.29) is 11.7 Å². The summed E-state index contributed by atoms with van der Waals surface area (Å²) in [5.41, 5.74) is 8.26. The number of carbonyl (C=O) groups is 1. The van der Waals surface area contributed by atoms with E-state index in [0.717, 1.165) is 31.6 Å². The zero-order valence-electron chi connectivity index (χ0n) is 12.9. The lowest BCUT2D eigenvalue weighted by molar-refractivity contribution is -0.123. The highest BCUT2D eigenvalue weighted by molar-refractivity contribution is 5.84. The van der Waals surface area contributed by atoms with E-state index in [1.54, 1.807) is 10.9 Å². The molecule has 2 N–H and O–H groups in total. The van der Waals surface area contributed by atoms with Crippen LogP contribution in [0.5, 0.6) is 0 Å². The summed E-state index contributed by atoms with van der Waals surface area (Å²) in [6.07, 6.45) is 4.00. The maximum Gasteiger partial charge on any atom is 0.142 e. The molecule has 22 heavy (non-hydrogen) atoms. The highest BCUT2D eigenvalue weighted by atomic mass is 16.1. The van der Waals surface area contributed by atoms with Crippen molar-refractivity contribution in [2.45, 2.75) is 19.3 Å². The van der Waals surface area contributed by atoms with E-state index < -0.39 is 0 Å². The number of rotatable bonds is 4. The van der Waals surface area contributed by atoms with Crippen LogP contribution in [0.3, 0.4) is 0 Å². The number of benzene rings is 1. The van der Waals surface area contributed by atoms with Crippen molar-refractivity contribution in [1.82, 2.24) is 14.7 Å². The van der Waals surface area contributed by atoms with Crippen molar-refractivity contribution in [3.05, 3.63) is 42.2 Å². The average molecular weight is 298 g/mol. The van der Waals surface area contributed by atoms with Crippen molar-refractivity contribution in [3.8, 4) is 5.69 Å². The van der Waals surface area contributed by atoms with E-state index >= 15 is 0 Å². The molecule has 0 bridgehead atoms. The van der Waals surface area contributed by atoms with E-state index in [1.807, 2.05) is 30.3 Å². The van der Waals surface area contributed by atoms with Crippen LogP contribution in [0.4, 0.5) is 5.69 Å². The molecule has 1 aromatic heterocycles. The van der Waals surface area contributed by atoms with E-state index in [2.05, 4.69) is 17.0 Å². The zero-order chi connectivity index (χ0) is 15.5. The smallest absolute Gasteiger partial charge is 0.142 e. The predicted molar refractivity (Wildman–Crippen MR) is 86.9 cm³/mol. The number of nitrogen functional groups attached to an aromatic ring is 1. The van der Waals surface area contributed by atoms with Gasteiger partial charge in [0.05, 0.1) is 29.7 Å². The second kappa shape index (κ2) is 6.32. The molecule has 5 heteroatoms. The highest BCUT2D eigenvalue weighted by Crippen LogP contribution is 2.21. The second-order valence-corrected chi connectivity index (χ2v) is 6.03. The quantitative estimate of drug-likeness (QED) is 0.936. The Kier molecular flexibility index (Phi) is 4.24. The predicted octanol–water partition coefficient (Wildman–Crippen LogP) is 1.91. The van der Waals surface area contributed by atoms with Gasteiger partial charge in [0.15, 0.2) is 0 Å². The topological polar surface area (TPSA) is 64.2 Å². The Morgan fingerprint density at radius 2 is 1.95 bits per heavy atom. The third-order valence-electron chi connectivity index (χ3n) is 4.36. The van der Waals surface area contributed by atoms with Gasteiger partial charge in [0.1, 0.15) is 5.78 Å². The first-order valence-corrected chi connectivity index (χ1v) is 7.74. The number of Topliss-reactive ketones (excluding diaryl/α,β-unsaturated/α-hetero) is 1. The molecule has 0 aliphatic carbocycles. The number of hydrogen-bond acceptors (Lipinski definition) is 4. The van der Waals surface area contributed by atoms with Crippen LogP contribution in [0.1, 0.15) is 18.5 Å². The lowest BCUT2D eigenvalue weighted by Gasteiger charge is -2.27. The van der Waals surface area contributed by atoms with Gasteiger partial charge in [0, 0.05) is 5.92 Å². The number of ketones is 1. The molecule has 1 aromatic carbocycles. The third-order valence-corrected chi connectivity index (χ3v) is 4.36. The Balaban J connectivity index is 1.70. The van der Waals surface area contributed by atoms with Gasteiger partial charge in [-0.1, -0.05) is 18.2 Å². The van der Waals surface area contributed by atoms with Gasteiger partial charge < -0.3 is 10.6 Å². The molecule has 0 radical (unpaired) electrons. The van der Waals surface area contributed by atoms with Crippen LogP contribution in [0.2, 0.25) is 0 Å². The largest absolute Gasteiger partial charge is 0.396 e. The first-order valence-electron chi connectivity index (χ1n) is 7.74. The summed E-state index contributed by atoms with van der Waals surface area (Å²) < 4.78 is 1.74. The van der Waals surface area contributed by atoms with Crippen LogP contribution < -0.4 is 5.73 Å². The summed E-state index contributed by atoms with van der Waals surface area (Å²) in [5.74, 6) is 0.413. The van der Waals surface area contributed by atoms with E-state index in [1.165, 1.54) is 0 Å². The SMILES string of the molecule is CN1CCC(C(=O)Cc2nn(-c3ccccc3)cc2N)CC1. The van der Waals surface area contributed by atoms with Gasteiger partial charge in [0.25, 0.3) is 0 Å². The number of nitrogens with zero attached hydrogens (tertiary/aromatic N) is 3. The van der Waals surface area contributed by atoms with E-state index in [4.69, 9.17) is 5.73 Å². The first-order chi connectivity index (χ1) is 10.6. The molecule has 1 saturated heterocycles. The minimum Gasteiger partial charge on any atom is -0.396 e. The Labute approximate surface area is 130 Å². The zero-order valence-corrected chi connectivity index (χ0v) is 12.9. The number of nitrogens with two attached hydrogens (primary N) is 1. The summed E-state index contributed by atoms with van der Waals surface area (Å²) in [6, 6.07) is 9.80. The number of aromatic nitrogens is 2. The minimum atomic E-state index is 0.150. The maximum atomic E-state index is 12.4. The molecule has 0 amide bonds. The fourth-order valence-corrected chi connectivity index (χ4v) is 2.91. The van der Waals surface area contributed by atoms with Crippen molar-refractivity contribution in [1.29, 1.82) is 0 Å². The normalized spacial score (nSPS) is 16.8. The average Bonchev–Trinajstić information content (AvgIpc) is 2.90. The summed E-state index contributed by atoms with van der Waals surface area (Å²) in [5, 5.41) is 4.49. The number of carbonyl (C=O) groups excluding carboxylic acids is 1. The van der Waals surface area contributed by atoms with Crippen molar-refractivity contribution in [3.63, 3.8) is 0 Å². The fraction of sp³-hybridized carbons (Fsp3) is 0.412. The van der Waals surface area contributed by atoms with E-state index in [0.29, 0.717) is 17.8 Å². The Morgan fingerprint density at radius 1 is 1.27 bits per heavy atom. The van der Waals surface area contributed by atoms with Gasteiger partial charge in [-0.3, -0.25) is 4.79 Å². The third kappa shape index (κ3) is 3.20. The number of anilines is 1. The van der Waals surface area contributed by atoms with Gasteiger partial charge in [0.2, 0.25) is 0 Å². The lowest BCUT2D eigenvalue weighted by Crippen LogP contribution is -2.34. The van der Waals surface area contributed by atoms with Gasteiger partial charge in [-0.05, 0) is 45.1 Å². The molecule has 5 nitrogen and oxygen atoms in total. The molecule has 116 valence electrons. The molecule has 0 atom stereocenters. The Bertz CT molecular complexity index is 642. The fourth-order valence-electron chi connectivity index (χ4n) is 2.91. The molecule has 2 heterocycles. The monoisotopic (exact) mass is 298 g/mol. The van der Waals surface area contributed by atoms with Crippen LogP contribution >= 0.6 is 0 Å². The van der Waals surface area contributed by atoms with Gasteiger partial charge in [-0.15, -0.1) is 0 Å². The molecule has 1 fully saturated rings. The van der Waals surface area contributed by atoms with Crippen LogP contribution in [0.15, 0.2) is 36.5 Å². The van der Waals surface area contributed by atoms with E-state index in [9.17, 15) is 4.79 Å². The number of piperidine rings is 1.